The summed E-state index contributed by atoms with van der Waals surface area (Å²) in [6.45, 7) is 2.10. The van der Waals surface area contributed by atoms with Crippen molar-refractivity contribution < 1.29 is 14.7 Å². The van der Waals surface area contributed by atoms with Gasteiger partial charge in [0.25, 0.3) is 0 Å². The molecular weight excluding hydrogens is 180 g/mol. The van der Waals surface area contributed by atoms with Gasteiger partial charge in [-0.15, -0.1) is 0 Å². The molecule has 2 atom stereocenters. The summed E-state index contributed by atoms with van der Waals surface area (Å²) in [4.78, 5) is 22.0. The number of hydrogen-bond acceptors (Lipinski definition) is 2. The molecule has 0 heterocycles. The first-order valence-corrected chi connectivity index (χ1v) is 5.11. The van der Waals surface area contributed by atoms with E-state index >= 15 is 0 Å². The SMILES string of the molecule is CCCCC[C@@H]1C=CC(=O)[C@H]1C(=O)O. The average molecular weight is 196 g/mol. The molecule has 3 heteroatoms. The Labute approximate surface area is 83.8 Å². The summed E-state index contributed by atoms with van der Waals surface area (Å²) in [7, 11) is 0. The van der Waals surface area contributed by atoms with Crippen molar-refractivity contribution in [3.63, 3.8) is 0 Å². The van der Waals surface area contributed by atoms with Crippen LogP contribution in [0.5, 0.6) is 0 Å². The number of ketones is 1. The van der Waals surface area contributed by atoms with Gasteiger partial charge < -0.3 is 5.11 Å². The third kappa shape index (κ3) is 2.44. The maximum atomic E-state index is 11.2. The second-order valence-corrected chi connectivity index (χ2v) is 3.74. The van der Waals surface area contributed by atoms with Crippen molar-refractivity contribution >= 4 is 11.8 Å². The molecule has 1 rings (SSSR count). The standard InChI is InChI=1S/C11H16O3/c1-2-3-4-5-8-6-7-9(12)10(8)11(13)14/h6-8,10H,2-5H2,1H3,(H,13,14)/t8-,10+/m1/s1. The molecule has 0 amide bonds. The number of carbonyl (C=O) groups is 2. The molecule has 0 aromatic heterocycles. The second-order valence-electron chi connectivity index (χ2n) is 3.74. The Morgan fingerprint density at radius 2 is 2.21 bits per heavy atom. The number of hydrogen-bond donors (Lipinski definition) is 1. The molecule has 1 aliphatic carbocycles. The van der Waals surface area contributed by atoms with Crippen LogP contribution in [0, 0.1) is 11.8 Å². The van der Waals surface area contributed by atoms with Crippen LogP contribution in [0.2, 0.25) is 0 Å². The zero-order chi connectivity index (χ0) is 10.6. The maximum absolute atomic E-state index is 11.2. The number of carbonyl (C=O) groups excluding carboxylic acids is 1. The van der Waals surface area contributed by atoms with Crippen LogP contribution in [0.15, 0.2) is 12.2 Å². The van der Waals surface area contributed by atoms with Gasteiger partial charge >= 0.3 is 5.97 Å². The van der Waals surface area contributed by atoms with Crippen molar-refractivity contribution in [2.75, 3.05) is 0 Å². The van der Waals surface area contributed by atoms with E-state index in [2.05, 4.69) is 6.92 Å². The van der Waals surface area contributed by atoms with E-state index in [9.17, 15) is 9.59 Å². The lowest BCUT2D eigenvalue weighted by Crippen LogP contribution is -2.25. The van der Waals surface area contributed by atoms with Crippen LogP contribution in [-0.4, -0.2) is 16.9 Å². The Hall–Kier alpha value is -1.12. The third-order valence-electron chi connectivity index (χ3n) is 2.65. The lowest BCUT2D eigenvalue weighted by atomic mass is 9.90. The number of rotatable bonds is 5. The predicted octanol–water partition coefficient (Wildman–Crippen LogP) is 2.02. The number of carboxylic acid groups (broad SMARTS) is 1. The van der Waals surface area contributed by atoms with Crippen molar-refractivity contribution in [2.45, 2.75) is 32.6 Å². The number of aliphatic carboxylic acids is 1. The van der Waals surface area contributed by atoms with Crippen LogP contribution < -0.4 is 0 Å². The van der Waals surface area contributed by atoms with Gasteiger partial charge in [0.15, 0.2) is 5.78 Å². The van der Waals surface area contributed by atoms with Gasteiger partial charge in [-0.2, -0.15) is 0 Å². The molecule has 1 aliphatic rings. The smallest absolute Gasteiger partial charge is 0.315 e. The van der Waals surface area contributed by atoms with E-state index in [0.29, 0.717) is 0 Å². The van der Waals surface area contributed by atoms with Crippen molar-refractivity contribution in [3.05, 3.63) is 12.2 Å². The summed E-state index contributed by atoms with van der Waals surface area (Å²) < 4.78 is 0. The molecule has 0 spiro atoms. The molecular formula is C11H16O3. The fraction of sp³-hybridized carbons (Fsp3) is 0.636. The van der Waals surface area contributed by atoms with Crippen LogP contribution in [-0.2, 0) is 9.59 Å². The van der Waals surface area contributed by atoms with Crippen LogP contribution in [0.4, 0.5) is 0 Å². The Morgan fingerprint density at radius 3 is 2.79 bits per heavy atom. The summed E-state index contributed by atoms with van der Waals surface area (Å²) in [6.07, 6.45) is 7.19. The third-order valence-corrected chi connectivity index (χ3v) is 2.65. The second kappa shape index (κ2) is 4.94. The highest BCUT2D eigenvalue weighted by atomic mass is 16.4. The van der Waals surface area contributed by atoms with Gasteiger partial charge in [-0.1, -0.05) is 32.3 Å². The summed E-state index contributed by atoms with van der Waals surface area (Å²) in [5.74, 6) is -2.13. The van der Waals surface area contributed by atoms with Gasteiger partial charge in [-0.3, -0.25) is 9.59 Å². The van der Waals surface area contributed by atoms with Crippen molar-refractivity contribution in [3.8, 4) is 0 Å². The predicted molar refractivity (Wildman–Crippen MR) is 52.9 cm³/mol. The molecule has 0 saturated heterocycles. The van der Waals surface area contributed by atoms with Gasteiger partial charge in [0.05, 0.1) is 0 Å². The quantitative estimate of drug-likeness (QED) is 0.540. The Kier molecular flexibility index (Phi) is 3.86. The fourth-order valence-corrected chi connectivity index (χ4v) is 1.84. The molecule has 0 radical (unpaired) electrons. The van der Waals surface area contributed by atoms with E-state index in [-0.39, 0.29) is 11.7 Å². The first kappa shape index (κ1) is 11.0. The van der Waals surface area contributed by atoms with Gasteiger partial charge in [-0.25, -0.2) is 0 Å². The minimum Gasteiger partial charge on any atom is -0.481 e. The zero-order valence-corrected chi connectivity index (χ0v) is 8.40. The van der Waals surface area contributed by atoms with E-state index in [0.717, 1.165) is 25.7 Å². The highest BCUT2D eigenvalue weighted by molar-refractivity contribution is 6.06. The molecule has 3 nitrogen and oxygen atoms in total. The lowest BCUT2D eigenvalue weighted by Gasteiger charge is -2.13. The average Bonchev–Trinajstić information content (AvgIpc) is 2.47. The van der Waals surface area contributed by atoms with Crippen LogP contribution in [0.3, 0.4) is 0 Å². The molecule has 0 aromatic rings. The van der Waals surface area contributed by atoms with E-state index in [4.69, 9.17) is 5.11 Å². The van der Waals surface area contributed by atoms with E-state index in [1.54, 1.807) is 6.08 Å². The van der Waals surface area contributed by atoms with Crippen molar-refractivity contribution in [1.82, 2.24) is 0 Å². The Balaban J connectivity index is 2.47. The molecule has 0 fully saturated rings. The summed E-state index contributed by atoms with van der Waals surface area (Å²) in [6, 6.07) is 0. The fourth-order valence-electron chi connectivity index (χ4n) is 1.84. The van der Waals surface area contributed by atoms with Crippen LogP contribution in [0.25, 0.3) is 0 Å². The summed E-state index contributed by atoms with van der Waals surface area (Å²) >= 11 is 0. The van der Waals surface area contributed by atoms with Crippen molar-refractivity contribution in [1.29, 1.82) is 0 Å². The Morgan fingerprint density at radius 1 is 1.50 bits per heavy atom. The molecule has 14 heavy (non-hydrogen) atoms. The minimum absolute atomic E-state index is 0.0773. The molecule has 0 unspecified atom stereocenters. The van der Waals surface area contributed by atoms with E-state index in [1.807, 2.05) is 0 Å². The van der Waals surface area contributed by atoms with Gasteiger partial charge in [-0.05, 0) is 18.4 Å². The highest BCUT2D eigenvalue weighted by Crippen LogP contribution is 2.27. The Bertz CT molecular complexity index is 255. The first-order chi connectivity index (χ1) is 6.66. The maximum Gasteiger partial charge on any atom is 0.315 e. The summed E-state index contributed by atoms with van der Waals surface area (Å²) in [5, 5.41) is 8.85. The lowest BCUT2D eigenvalue weighted by molar-refractivity contribution is -0.146. The molecule has 0 aromatic carbocycles. The van der Waals surface area contributed by atoms with E-state index < -0.39 is 11.9 Å². The van der Waals surface area contributed by atoms with Crippen molar-refractivity contribution in [2.24, 2.45) is 11.8 Å². The first-order valence-electron chi connectivity index (χ1n) is 5.11. The van der Waals surface area contributed by atoms with Gasteiger partial charge in [0.1, 0.15) is 5.92 Å². The normalized spacial score (nSPS) is 25.6. The topological polar surface area (TPSA) is 54.4 Å². The summed E-state index contributed by atoms with van der Waals surface area (Å²) in [5.41, 5.74) is 0. The monoisotopic (exact) mass is 196 g/mol. The molecule has 0 saturated carbocycles. The van der Waals surface area contributed by atoms with Crippen LogP contribution in [0.1, 0.15) is 32.6 Å². The highest BCUT2D eigenvalue weighted by Gasteiger charge is 2.35. The molecule has 78 valence electrons. The van der Waals surface area contributed by atoms with Gasteiger partial charge in [0.2, 0.25) is 0 Å². The number of unbranched alkanes of at least 4 members (excludes halogenated alkanes) is 2. The minimum atomic E-state index is -0.985. The van der Waals surface area contributed by atoms with Gasteiger partial charge in [0, 0.05) is 0 Å². The molecule has 0 aliphatic heterocycles. The zero-order valence-electron chi connectivity index (χ0n) is 8.40. The van der Waals surface area contributed by atoms with Crippen LogP contribution >= 0.6 is 0 Å². The van der Waals surface area contributed by atoms with E-state index in [1.165, 1.54) is 6.08 Å². The molecule has 1 N–H and O–H groups in total. The molecule has 0 bridgehead atoms. The number of carboxylic acids is 1. The number of allylic oxidation sites excluding steroid dienone is 2. The largest absolute Gasteiger partial charge is 0.481 e.